The molecule has 2 aliphatic rings. The molecule has 0 radical (unpaired) electrons. The molecule has 0 bridgehead atoms. The maximum atomic E-state index is 2.63. The van der Waals surface area contributed by atoms with Crippen molar-refractivity contribution in [2.75, 3.05) is 37.6 Å². The van der Waals surface area contributed by atoms with E-state index >= 15 is 0 Å². The Morgan fingerprint density at radius 2 is 1.50 bits per heavy atom. The molecule has 4 heteroatoms. The number of rotatable bonds is 5. The fourth-order valence-corrected chi connectivity index (χ4v) is 4.16. The van der Waals surface area contributed by atoms with E-state index < -0.39 is 0 Å². The molecule has 0 saturated carbocycles. The molecule has 0 amide bonds. The van der Waals surface area contributed by atoms with Crippen molar-refractivity contribution in [1.82, 2.24) is 4.90 Å². The highest BCUT2D eigenvalue weighted by atomic mass is 35.5. The van der Waals surface area contributed by atoms with Gasteiger partial charge in [-0.25, -0.2) is 0 Å². The quantitative estimate of drug-likeness (QED) is 0.722. The van der Waals surface area contributed by atoms with Crippen molar-refractivity contribution in [3.63, 3.8) is 0 Å². The Morgan fingerprint density at radius 3 is 2.27 bits per heavy atom. The first-order valence-corrected chi connectivity index (χ1v) is 9.51. The molecule has 0 aromatic heterocycles. The van der Waals surface area contributed by atoms with Crippen molar-refractivity contribution >= 4 is 30.5 Å². The summed E-state index contributed by atoms with van der Waals surface area (Å²) in [4.78, 5) is 5.14. The summed E-state index contributed by atoms with van der Waals surface area (Å²) >= 11 is 0. The van der Waals surface area contributed by atoms with E-state index in [2.05, 4.69) is 58.3 Å². The average molecular weight is 393 g/mol. The van der Waals surface area contributed by atoms with Gasteiger partial charge >= 0.3 is 0 Å². The Labute approximate surface area is 170 Å². The number of halogens is 2. The predicted molar refractivity (Wildman–Crippen MR) is 116 cm³/mol. The molecule has 1 saturated heterocycles. The first-order valence-electron chi connectivity index (χ1n) is 9.51. The molecule has 0 unspecified atom stereocenters. The smallest absolute Gasteiger partial charge is 0.0367 e. The first kappa shape index (κ1) is 21.1. The van der Waals surface area contributed by atoms with Gasteiger partial charge in [0, 0.05) is 31.9 Å². The lowest BCUT2D eigenvalue weighted by Gasteiger charge is -2.36. The zero-order valence-corrected chi connectivity index (χ0v) is 17.0. The lowest BCUT2D eigenvalue weighted by Crippen LogP contribution is -2.46. The van der Waals surface area contributed by atoms with E-state index in [0.29, 0.717) is 0 Å². The van der Waals surface area contributed by atoms with Gasteiger partial charge in [-0.05, 0) is 67.5 Å². The minimum absolute atomic E-state index is 0. The van der Waals surface area contributed by atoms with Crippen LogP contribution in [0.5, 0.6) is 0 Å². The Hall–Kier alpha value is -1.22. The summed E-state index contributed by atoms with van der Waals surface area (Å²) in [6, 6.07) is 18.0. The number of fused-ring (bicyclic) bond motifs is 1. The molecule has 0 N–H and O–H groups in total. The van der Waals surface area contributed by atoms with E-state index in [4.69, 9.17) is 0 Å². The lowest BCUT2D eigenvalue weighted by molar-refractivity contribution is 0.255. The van der Waals surface area contributed by atoms with Crippen LogP contribution in [0, 0.1) is 0 Å². The zero-order valence-electron chi connectivity index (χ0n) is 15.4. The Kier molecular flexibility index (Phi) is 8.27. The number of benzene rings is 2. The molecular weight excluding hydrogens is 363 g/mol. The van der Waals surface area contributed by atoms with Gasteiger partial charge in [0.2, 0.25) is 0 Å². The third-order valence-corrected chi connectivity index (χ3v) is 5.60. The topological polar surface area (TPSA) is 6.48 Å². The van der Waals surface area contributed by atoms with Gasteiger partial charge in [0.05, 0.1) is 0 Å². The summed E-state index contributed by atoms with van der Waals surface area (Å²) < 4.78 is 0. The van der Waals surface area contributed by atoms with Crippen LogP contribution in [-0.2, 0) is 19.3 Å². The van der Waals surface area contributed by atoms with E-state index in [1.807, 2.05) is 0 Å². The van der Waals surface area contributed by atoms with Crippen LogP contribution in [0.15, 0.2) is 48.5 Å². The molecule has 0 spiro atoms. The minimum Gasteiger partial charge on any atom is -0.369 e. The fourth-order valence-electron chi connectivity index (χ4n) is 4.16. The van der Waals surface area contributed by atoms with Crippen LogP contribution in [0.2, 0.25) is 0 Å². The van der Waals surface area contributed by atoms with Crippen molar-refractivity contribution in [3.8, 4) is 0 Å². The molecule has 0 atom stereocenters. The Balaban J connectivity index is 0.00000121. The number of aryl methyl sites for hydroxylation is 3. The van der Waals surface area contributed by atoms with Gasteiger partial charge in [0.1, 0.15) is 0 Å². The number of piperazine rings is 1. The van der Waals surface area contributed by atoms with Crippen LogP contribution in [-0.4, -0.2) is 37.6 Å². The van der Waals surface area contributed by atoms with Crippen molar-refractivity contribution in [2.24, 2.45) is 0 Å². The van der Waals surface area contributed by atoms with E-state index in [1.54, 1.807) is 16.7 Å². The summed E-state index contributed by atoms with van der Waals surface area (Å²) in [5.41, 5.74) is 6.12. The average Bonchev–Trinajstić information content (AvgIpc) is 3.11. The van der Waals surface area contributed by atoms with Gasteiger partial charge in [-0.1, -0.05) is 36.4 Å². The SMILES string of the molecule is Cl.Cl.c1ccc(N2CCN(CCCc3ccc4c(c3)CCC4)CC2)cc1. The third kappa shape index (κ3) is 5.16. The molecule has 1 heterocycles. The van der Waals surface area contributed by atoms with Crippen LogP contribution >= 0.6 is 24.8 Å². The molecule has 1 fully saturated rings. The highest BCUT2D eigenvalue weighted by Gasteiger charge is 2.16. The lowest BCUT2D eigenvalue weighted by atomic mass is 10.0. The standard InChI is InChI=1S/C22H28N2.2ClH/c1-2-9-22(10-3-1)24-16-14-23(15-17-24)13-5-6-19-11-12-20-7-4-8-21(20)18-19;;/h1-3,9-12,18H,4-8,13-17H2;2*1H. The Morgan fingerprint density at radius 1 is 0.769 bits per heavy atom. The molecular formula is C22H30Cl2N2. The molecule has 1 aliphatic carbocycles. The second kappa shape index (κ2) is 10.2. The summed E-state index contributed by atoms with van der Waals surface area (Å²) in [5.74, 6) is 0. The van der Waals surface area contributed by atoms with Gasteiger partial charge in [-0.2, -0.15) is 0 Å². The Bertz CT molecular complexity index is 667. The van der Waals surface area contributed by atoms with Gasteiger partial charge in [0.25, 0.3) is 0 Å². The predicted octanol–water partition coefficient (Wildman–Crippen LogP) is 4.77. The summed E-state index contributed by atoms with van der Waals surface area (Å²) in [6.07, 6.45) is 6.45. The fraction of sp³-hybridized carbons (Fsp3) is 0.455. The van der Waals surface area contributed by atoms with Gasteiger partial charge in [0.15, 0.2) is 0 Å². The van der Waals surface area contributed by atoms with Gasteiger partial charge < -0.3 is 4.90 Å². The zero-order chi connectivity index (χ0) is 16.2. The number of hydrogen-bond donors (Lipinski definition) is 0. The molecule has 26 heavy (non-hydrogen) atoms. The van der Waals surface area contributed by atoms with Crippen LogP contribution in [0.25, 0.3) is 0 Å². The summed E-state index contributed by atoms with van der Waals surface area (Å²) in [5, 5.41) is 0. The molecule has 2 nitrogen and oxygen atoms in total. The van der Waals surface area contributed by atoms with E-state index in [9.17, 15) is 0 Å². The van der Waals surface area contributed by atoms with Crippen LogP contribution in [0.3, 0.4) is 0 Å². The monoisotopic (exact) mass is 392 g/mol. The third-order valence-electron chi connectivity index (χ3n) is 5.60. The van der Waals surface area contributed by atoms with Crippen molar-refractivity contribution in [1.29, 1.82) is 0 Å². The summed E-state index contributed by atoms with van der Waals surface area (Å²) in [7, 11) is 0. The molecule has 4 rings (SSSR count). The number of nitrogens with zero attached hydrogens (tertiary/aromatic N) is 2. The first-order chi connectivity index (χ1) is 11.9. The van der Waals surface area contributed by atoms with E-state index in [1.165, 1.54) is 57.4 Å². The maximum absolute atomic E-state index is 2.63. The van der Waals surface area contributed by atoms with E-state index in [0.717, 1.165) is 13.1 Å². The molecule has 1 aliphatic heterocycles. The number of para-hydroxylation sites is 1. The normalized spacial score (nSPS) is 16.5. The largest absolute Gasteiger partial charge is 0.369 e. The van der Waals surface area contributed by atoms with E-state index in [-0.39, 0.29) is 24.8 Å². The number of anilines is 1. The van der Waals surface area contributed by atoms with Crippen LogP contribution in [0.4, 0.5) is 5.69 Å². The van der Waals surface area contributed by atoms with Crippen molar-refractivity contribution < 1.29 is 0 Å². The van der Waals surface area contributed by atoms with Crippen LogP contribution in [0.1, 0.15) is 29.5 Å². The number of hydrogen-bond acceptors (Lipinski definition) is 2. The molecule has 2 aromatic carbocycles. The second-order valence-electron chi connectivity index (χ2n) is 7.22. The van der Waals surface area contributed by atoms with Crippen molar-refractivity contribution in [3.05, 3.63) is 65.2 Å². The van der Waals surface area contributed by atoms with Gasteiger partial charge in [-0.15, -0.1) is 24.8 Å². The van der Waals surface area contributed by atoms with Crippen molar-refractivity contribution in [2.45, 2.75) is 32.1 Å². The second-order valence-corrected chi connectivity index (χ2v) is 7.22. The summed E-state index contributed by atoms with van der Waals surface area (Å²) in [6.45, 7) is 5.93. The minimum atomic E-state index is 0. The maximum Gasteiger partial charge on any atom is 0.0367 e. The molecule has 2 aromatic rings. The highest BCUT2D eigenvalue weighted by Crippen LogP contribution is 2.23. The van der Waals surface area contributed by atoms with Gasteiger partial charge in [-0.3, -0.25) is 4.90 Å². The van der Waals surface area contributed by atoms with Crippen LogP contribution < -0.4 is 4.90 Å². The molecule has 142 valence electrons. The highest BCUT2D eigenvalue weighted by molar-refractivity contribution is 5.85.